The van der Waals surface area contributed by atoms with Crippen LogP contribution >= 0.6 is 23.6 Å². The average molecular weight is 530 g/mol. The predicted octanol–water partition coefficient (Wildman–Crippen LogP) is 6.66. The van der Waals surface area contributed by atoms with Crippen LogP contribution in [0.2, 0.25) is 0 Å². The molecule has 0 saturated carbocycles. The van der Waals surface area contributed by atoms with Gasteiger partial charge < -0.3 is 20.5 Å². The van der Waals surface area contributed by atoms with Gasteiger partial charge in [0.1, 0.15) is 11.5 Å². The smallest absolute Gasteiger partial charge is 0.230 e. The number of thiophene rings is 1. The molecule has 0 atom stereocenters. The molecule has 0 unspecified atom stereocenters. The third kappa shape index (κ3) is 5.91. The first-order chi connectivity index (χ1) is 17.9. The fourth-order valence-corrected chi connectivity index (χ4v) is 4.96. The zero-order chi connectivity index (χ0) is 25.8. The predicted molar refractivity (Wildman–Crippen MR) is 148 cm³/mol. The Kier molecular flexibility index (Phi) is 7.07. The van der Waals surface area contributed by atoms with Crippen LogP contribution in [0.5, 0.6) is 17.2 Å². The normalized spacial score (nSPS) is 10.7. The highest BCUT2D eigenvalue weighted by molar-refractivity contribution is 7.80. The molecule has 3 N–H and O–H groups in total. The quantitative estimate of drug-likeness (QED) is 0.214. The highest BCUT2D eigenvalue weighted by Gasteiger charge is 2.14. The van der Waals surface area contributed by atoms with Gasteiger partial charge in [0.15, 0.2) is 16.7 Å². The van der Waals surface area contributed by atoms with Gasteiger partial charge in [-0.3, -0.25) is 9.78 Å². The van der Waals surface area contributed by atoms with Crippen LogP contribution in [-0.4, -0.2) is 21.1 Å². The summed E-state index contributed by atoms with van der Waals surface area (Å²) in [6.45, 7) is 0. The monoisotopic (exact) mass is 529 g/mol. The lowest BCUT2D eigenvalue weighted by Gasteiger charge is -2.12. The number of rotatable bonds is 6. The van der Waals surface area contributed by atoms with Crippen LogP contribution in [-0.2, 0) is 11.2 Å². The maximum atomic E-state index is 14.9. The second-order valence-corrected chi connectivity index (χ2v) is 9.55. The largest absolute Gasteiger partial charge is 0.508 e. The van der Waals surface area contributed by atoms with Crippen molar-refractivity contribution < 1.29 is 19.0 Å². The third-order valence-corrected chi connectivity index (χ3v) is 6.79. The molecular formula is C28H20FN3O3S2. The summed E-state index contributed by atoms with van der Waals surface area (Å²) >= 11 is 6.66. The summed E-state index contributed by atoms with van der Waals surface area (Å²) in [6, 6.07) is 24.1. The van der Waals surface area contributed by atoms with E-state index in [1.165, 1.54) is 23.5 Å². The number of aromatic hydroxyl groups is 1. The summed E-state index contributed by atoms with van der Waals surface area (Å²) in [6.07, 6.45) is 1.79. The van der Waals surface area contributed by atoms with Crippen LogP contribution in [0.4, 0.5) is 10.1 Å². The van der Waals surface area contributed by atoms with E-state index >= 15 is 0 Å². The van der Waals surface area contributed by atoms with Crippen LogP contribution < -0.4 is 15.4 Å². The van der Waals surface area contributed by atoms with Crippen LogP contribution in [0, 0.1) is 5.82 Å². The standard InChI is InChI=1S/C28H20FN3O3S2/c29-21-15-19(31-28(36)32-26(34)14-17-4-2-1-3-5-17)8-11-23(21)35-24-12-13-30-22-16-25(37-27(22)24)18-6-9-20(33)10-7-18/h1-13,15-16,33H,14H2,(H2,31,32,34,36). The van der Waals surface area contributed by atoms with Crippen molar-refractivity contribution in [2.45, 2.75) is 6.42 Å². The number of aromatic nitrogens is 1. The topological polar surface area (TPSA) is 83.5 Å². The highest BCUT2D eigenvalue weighted by Crippen LogP contribution is 2.40. The maximum absolute atomic E-state index is 14.9. The summed E-state index contributed by atoms with van der Waals surface area (Å²) in [5, 5.41) is 15.0. The van der Waals surface area contributed by atoms with Gasteiger partial charge in [0.25, 0.3) is 0 Å². The molecule has 0 radical (unpaired) electrons. The summed E-state index contributed by atoms with van der Waals surface area (Å²) < 4.78 is 21.6. The first-order valence-corrected chi connectivity index (χ1v) is 12.5. The van der Waals surface area contributed by atoms with Crippen molar-refractivity contribution >= 4 is 50.5 Å². The minimum Gasteiger partial charge on any atom is -0.508 e. The first kappa shape index (κ1) is 24.4. The SMILES string of the molecule is O=C(Cc1ccccc1)NC(=S)Nc1ccc(Oc2ccnc3cc(-c4ccc(O)cc4)sc23)c(F)c1. The molecule has 0 fully saturated rings. The number of phenols is 1. The highest BCUT2D eigenvalue weighted by atomic mass is 32.1. The number of nitrogens with zero attached hydrogens (tertiary/aromatic N) is 1. The molecule has 0 aliphatic carbocycles. The molecular weight excluding hydrogens is 509 g/mol. The molecule has 0 spiro atoms. The molecule has 37 heavy (non-hydrogen) atoms. The molecule has 1 amide bonds. The number of phenolic OH excluding ortho intramolecular Hbond substituents is 1. The number of hydrogen-bond donors (Lipinski definition) is 3. The molecule has 9 heteroatoms. The van der Waals surface area contributed by atoms with Gasteiger partial charge in [0.05, 0.1) is 16.6 Å². The number of anilines is 1. The minimum absolute atomic E-state index is 0.0386. The van der Waals surface area contributed by atoms with Crippen LogP contribution in [0.15, 0.2) is 91.1 Å². The van der Waals surface area contributed by atoms with Gasteiger partial charge in [0.2, 0.25) is 5.91 Å². The van der Waals surface area contributed by atoms with E-state index in [2.05, 4.69) is 15.6 Å². The van der Waals surface area contributed by atoms with Gasteiger partial charge >= 0.3 is 0 Å². The molecule has 5 aromatic rings. The van der Waals surface area contributed by atoms with E-state index in [0.717, 1.165) is 26.2 Å². The van der Waals surface area contributed by atoms with E-state index in [-0.39, 0.29) is 28.9 Å². The lowest BCUT2D eigenvalue weighted by molar-refractivity contribution is -0.119. The molecule has 184 valence electrons. The number of halogens is 1. The van der Waals surface area contributed by atoms with Crippen molar-refractivity contribution in [3.63, 3.8) is 0 Å². The number of hydrogen-bond acceptors (Lipinski definition) is 6. The van der Waals surface area contributed by atoms with E-state index in [0.29, 0.717) is 11.4 Å². The Hall–Kier alpha value is -4.34. The molecule has 0 saturated heterocycles. The Morgan fingerprint density at radius 3 is 2.54 bits per heavy atom. The molecule has 5 rings (SSSR count). The first-order valence-electron chi connectivity index (χ1n) is 11.2. The summed E-state index contributed by atoms with van der Waals surface area (Å²) in [5.74, 6) is -0.159. The van der Waals surface area contributed by atoms with Gasteiger partial charge in [-0.2, -0.15) is 0 Å². The minimum atomic E-state index is -0.594. The van der Waals surface area contributed by atoms with Crippen molar-refractivity contribution in [2.24, 2.45) is 0 Å². The van der Waals surface area contributed by atoms with Crippen molar-refractivity contribution in [2.75, 3.05) is 5.32 Å². The van der Waals surface area contributed by atoms with E-state index < -0.39 is 5.82 Å². The third-order valence-electron chi connectivity index (χ3n) is 5.40. The fraction of sp³-hybridized carbons (Fsp3) is 0.0357. The Balaban J connectivity index is 1.27. The lowest BCUT2D eigenvalue weighted by atomic mass is 10.1. The van der Waals surface area contributed by atoms with Crippen LogP contribution in [0.1, 0.15) is 5.56 Å². The van der Waals surface area contributed by atoms with Crippen LogP contribution in [0.25, 0.3) is 20.7 Å². The molecule has 0 aliphatic rings. The van der Waals surface area contributed by atoms with E-state index in [4.69, 9.17) is 17.0 Å². The molecule has 3 aromatic carbocycles. The van der Waals surface area contributed by atoms with Crippen LogP contribution in [0.3, 0.4) is 0 Å². The van der Waals surface area contributed by atoms with Gasteiger partial charge in [0, 0.05) is 28.9 Å². The number of pyridine rings is 1. The second-order valence-electron chi connectivity index (χ2n) is 8.09. The zero-order valence-corrected chi connectivity index (χ0v) is 20.9. The number of carbonyl (C=O) groups is 1. The molecule has 2 aromatic heterocycles. The Bertz CT molecular complexity index is 1590. The van der Waals surface area contributed by atoms with E-state index in [1.807, 2.05) is 48.5 Å². The average Bonchev–Trinajstić information content (AvgIpc) is 3.32. The lowest BCUT2D eigenvalue weighted by Crippen LogP contribution is -2.35. The maximum Gasteiger partial charge on any atom is 0.230 e. The van der Waals surface area contributed by atoms with Gasteiger partial charge in [-0.15, -0.1) is 11.3 Å². The number of thiocarbonyl (C=S) groups is 1. The van der Waals surface area contributed by atoms with Crippen molar-refractivity contribution in [1.82, 2.24) is 10.3 Å². The number of ether oxygens (including phenoxy) is 1. The summed E-state index contributed by atoms with van der Waals surface area (Å²) in [5.41, 5.74) is 2.89. The van der Waals surface area contributed by atoms with Gasteiger partial charge in [-0.25, -0.2) is 4.39 Å². The molecule has 6 nitrogen and oxygen atoms in total. The molecule has 0 bridgehead atoms. The number of carbonyl (C=O) groups excluding carboxylic acids is 1. The second kappa shape index (κ2) is 10.7. The number of nitrogens with one attached hydrogen (secondary N) is 2. The van der Waals surface area contributed by atoms with E-state index in [1.54, 1.807) is 30.5 Å². The van der Waals surface area contributed by atoms with Gasteiger partial charge in [-0.1, -0.05) is 30.3 Å². The van der Waals surface area contributed by atoms with Gasteiger partial charge in [-0.05, 0) is 65.8 Å². The van der Waals surface area contributed by atoms with Crippen molar-refractivity contribution in [1.29, 1.82) is 0 Å². The Morgan fingerprint density at radius 1 is 1.00 bits per heavy atom. The fourth-order valence-electron chi connectivity index (χ4n) is 3.66. The molecule has 2 heterocycles. The summed E-state index contributed by atoms with van der Waals surface area (Å²) in [4.78, 5) is 17.5. The number of amides is 1. The Labute approximate surface area is 221 Å². The summed E-state index contributed by atoms with van der Waals surface area (Å²) in [7, 11) is 0. The van der Waals surface area contributed by atoms with Crippen molar-refractivity contribution in [3.8, 4) is 27.7 Å². The van der Waals surface area contributed by atoms with E-state index in [9.17, 15) is 14.3 Å². The Morgan fingerprint density at radius 2 is 1.78 bits per heavy atom. The number of fused-ring (bicyclic) bond motifs is 1. The molecule has 0 aliphatic heterocycles. The zero-order valence-electron chi connectivity index (χ0n) is 19.3. The van der Waals surface area contributed by atoms with Crippen molar-refractivity contribution in [3.05, 3.63) is 103 Å². The number of benzene rings is 3.